The maximum Gasteiger partial charge on any atom is 0.153 e. The van der Waals surface area contributed by atoms with Crippen LogP contribution in [0.2, 0.25) is 0 Å². The van der Waals surface area contributed by atoms with Gasteiger partial charge in [-0.3, -0.25) is 0 Å². The summed E-state index contributed by atoms with van der Waals surface area (Å²) in [6, 6.07) is 7.46. The largest absolute Gasteiger partial charge is 0.492 e. The van der Waals surface area contributed by atoms with E-state index >= 15 is 0 Å². The number of aliphatic imine (C=N–C) groups is 1. The molecule has 0 bridgehead atoms. The fourth-order valence-corrected chi connectivity index (χ4v) is 2.91. The van der Waals surface area contributed by atoms with E-state index in [1.807, 2.05) is 49.6 Å². The van der Waals surface area contributed by atoms with Gasteiger partial charge in [0.1, 0.15) is 23.9 Å². The number of rotatable bonds is 14. The van der Waals surface area contributed by atoms with Crippen molar-refractivity contribution >= 4 is 17.3 Å². The summed E-state index contributed by atoms with van der Waals surface area (Å²) >= 11 is 0. The van der Waals surface area contributed by atoms with Gasteiger partial charge in [-0.1, -0.05) is 13.5 Å². The van der Waals surface area contributed by atoms with Gasteiger partial charge in [-0.25, -0.2) is 9.98 Å². The molecule has 9 nitrogen and oxygen atoms in total. The van der Waals surface area contributed by atoms with E-state index < -0.39 is 5.54 Å². The number of aliphatic hydroxyl groups is 1. The smallest absolute Gasteiger partial charge is 0.153 e. The molecule has 0 fully saturated rings. The number of ether oxygens (including phenoxy) is 1. The first-order valence-electron chi connectivity index (χ1n) is 11.0. The molecule has 0 spiro atoms. The second-order valence-corrected chi connectivity index (χ2v) is 8.09. The number of anilines is 1. The van der Waals surface area contributed by atoms with Gasteiger partial charge in [0, 0.05) is 13.1 Å². The molecule has 0 aliphatic rings. The Morgan fingerprint density at radius 2 is 1.97 bits per heavy atom. The Balaban J connectivity index is 2.09. The highest BCUT2D eigenvalue weighted by molar-refractivity contribution is 6.01. The number of hydrogen-bond acceptors (Lipinski definition) is 7. The van der Waals surface area contributed by atoms with E-state index in [0.29, 0.717) is 36.2 Å². The number of aliphatic hydroxyl groups excluding tert-OH is 1. The summed E-state index contributed by atoms with van der Waals surface area (Å²) in [5.41, 5.74) is 7.01. The zero-order valence-corrected chi connectivity index (χ0v) is 19.6. The van der Waals surface area contributed by atoms with E-state index in [1.165, 1.54) is 0 Å². The van der Waals surface area contributed by atoms with Crippen LogP contribution in [0.3, 0.4) is 0 Å². The van der Waals surface area contributed by atoms with E-state index in [1.54, 1.807) is 6.33 Å². The SMILES string of the molecule is C=C(Nc1c(C(N)=Nc2ccc(OCCNCCC)cc2)ncn1CC)NC(C)(C)CO. The molecule has 0 atom stereocenters. The summed E-state index contributed by atoms with van der Waals surface area (Å²) in [5.74, 6) is 2.28. The number of nitrogens with two attached hydrogens (primary N) is 1. The molecule has 1 aromatic carbocycles. The lowest BCUT2D eigenvalue weighted by molar-refractivity contribution is 0.199. The highest BCUT2D eigenvalue weighted by Crippen LogP contribution is 2.21. The van der Waals surface area contributed by atoms with Gasteiger partial charge in [0.15, 0.2) is 5.84 Å². The van der Waals surface area contributed by atoms with Crippen LogP contribution in [0.4, 0.5) is 11.5 Å². The van der Waals surface area contributed by atoms with Gasteiger partial charge in [-0.2, -0.15) is 0 Å². The van der Waals surface area contributed by atoms with Crippen molar-refractivity contribution < 1.29 is 9.84 Å². The second kappa shape index (κ2) is 12.1. The molecule has 1 heterocycles. The van der Waals surface area contributed by atoms with Crippen LogP contribution in [0, 0.1) is 0 Å². The van der Waals surface area contributed by atoms with Crippen LogP contribution in [0.15, 0.2) is 48.0 Å². The van der Waals surface area contributed by atoms with E-state index in [0.717, 1.165) is 25.3 Å². The Bertz CT molecular complexity index is 888. The number of imidazole rings is 1. The van der Waals surface area contributed by atoms with Crippen LogP contribution < -0.4 is 26.4 Å². The minimum atomic E-state index is -0.517. The standard InChI is InChI=1S/C23H37N7O2/c1-6-12-25-13-14-32-19-10-8-18(9-11-19)28-21(24)20-22(30(7-2)16-26-20)27-17(3)29-23(4,5)15-31/h8-11,16,25,27,29,31H,3,6-7,12-15H2,1-2,4-5H3,(H2,24,28). The topological polar surface area (TPSA) is 122 Å². The molecule has 0 aliphatic heterocycles. The Labute approximate surface area is 190 Å². The van der Waals surface area contributed by atoms with Crippen molar-refractivity contribution in [3.05, 3.63) is 48.7 Å². The van der Waals surface area contributed by atoms with Crippen molar-refractivity contribution in [3.8, 4) is 5.75 Å². The van der Waals surface area contributed by atoms with Crippen molar-refractivity contribution in [3.63, 3.8) is 0 Å². The number of nitrogens with zero attached hydrogens (tertiary/aromatic N) is 3. The highest BCUT2D eigenvalue weighted by Gasteiger charge is 2.19. The maximum atomic E-state index is 9.48. The van der Waals surface area contributed by atoms with Crippen LogP contribution in [0.5, 0.6) is 5.75 Å². The van der Waals surface area contributed by atoms with Gasteiger partial charge in [0.2, 0.25) is 0 Å². The number of nitrogens with one attached hydrogen (secondary N) is 3. The molecule has 0 radical (unpaired) electrons. The molecule has 0 saturated carbocycles. The average molecular weight is 444 g/mol. The average Bonchev–Trinajstić information content (AvgIpc) is 3.16. The third-order valence-electron chi connectivity index (χ3n) is 4.64. The van der Waals surface area contributed by atoms with Crippen molar-refractivity contribution in [1.82, 2.24) is 20.2 Å². The normalized spacial score (nSPS) is 12.0. The summed E-state index contributed by atoms with van der Waals surface area (Å²) in [5, 5.41) is 19.1. The third kappa shape index (κ3) is 7.58. The van der Waals surface area contributed by atoms with Gasteiger partial charge in [-0.05, 0) is 58.0 Å². The summed E-state index contributed by atoms with van der Waals surface area (Å²) < 4.78 is 7.64. The fraction of sp³-hybridized carbons (Fsp3) is 0.478. The summed E-state index contributed by atoms with van der Waals surface area (Å²) in [6.45, 7) is 15.0. The zero-order valence-electron chi connectivity index (χ0n) is 19.6. The van der Waals surface area contributed by atoms with Crippen LogP contribution >= 0.6 is 0 Å². The molecular weight excluding hydrogens is 406 g/mol. The molecule has 6 N–H and O–H groups in total. The van der Waals surface area contributed by atoms with E-state index in [4.69, 9.17) is 10.5 Å². The molecule has 0 saturated heterocycles. The lowest BCUT2D eigenvalue weighted by Crippen LogP contribution is -2.43. The Morgan fingerprint density at radius 3 is 2.59 bits per heavy atom. The van der Waals surface area contributed by atoms with Crippen LogP contribution in [-0.2, 0) is 6.54 Å². The lowest BCUT2D eigenvalue weighted by atomic mass is 10.1. The molecule has 176 valence electrons. The fourth-order valence-electron chi connectivity index (χ4n) is 2.91. The molecular formula is C23H37N7O2. The third-order valence-corrected chi connectivity index (χ3v) is 4.64. The van der Waals surface area contributed by atoms with Crippen molar-refractivity contribution in [2.45, 2.75) is 46.2 Å². The highest BCUT2D eigenvalue weighted by atomic mass is 16.5. The minimum absolute atomic E-state index is 0.0356. The van der Waals surface area contributed by atoms with E-state index in [-0.39, 0.29) is 12.4 Å². The van der Waals surface area contributed by atoms with Crippen molar-refractivity contribution in [2.75, 3.05) is 31.6 Å². The van der Waals surface area contributed by atoms with Gasteiger partial charge in [-0.15, -0.1) is 0 Å². The van der Waals surface area contributed by atoms with Gasteiger partial charge in [0.05, 0.1) is 30.0 Å². The Hall–Kier alpha value is -3.04. The molecule has 0 aliphatic carbocycles. The van der Waals surface area contributed by atoms with E-state index in [9.17, 15) is 5.11 Å². The summed E-state index contributed by atoms with van der Waals surface area (Å²) in [6.07, 6.45) is 2.81. The first-order valence-corrected chi connectivity index (χ1v) is 11.0. The van der Waals surface area contributed by atoms with Gasteiger partial charge >= 0.3 is 0 Å². The second-order valence-electron chi connectivity index (χ2n) is 8.09. The number of hydrogen-bond donors (Lipinski definition) is 5. The first kappa shape index (κ1) is 25.2. The van der Waals surface area contributed by atoms with Gasteiger partial charge < -0.3 is 36.1 Å². The maximum absolute atomic E-state index is 9.48. The number of benzene rings is 1. The Kier molecular flexibility index (Phi) is 9.55. The molecule has 0 amide bonds. The molecule has 32 heavy (non-hydrogen) atoms. The Morgan fingerprint density at radius 1 is 1.25 bits per heavy atom. The van der Waals surface area contributed by atoms with Crippen LogP contribution in [0.25, 0.3) is 0 Å². The summed E-state index contributed by atoms with van der Waals surface area (Å²) in [7, 11) is 0. The lowest BCUT2D eigenvalue weighted by Gasteiger charge is -2.27. The number of aryl methyl sites for hydroxylation is 1. The number of amidine groups is 1. The minimum Gasteiger partial charge on any atom is -0.492 e. The van der Waals surface area contributed by atoms with Crippen molar-refractivity contribution in [2.24, 2.45) is 10.7 Å². The molecule has 2 aromatic rings. The molecule has 0 unspecified atom stereocenters. The first-order chi connectivity index (χ1) is 15.3. The predicted octanol–water partition coefficient (Wildman–Crippen LogP) is 2.56. The number of aromatic nitrogens is 2. The monoisotopic (exact) mass is 443 g/mol. The zero-order chi connectivity index (χ0) is 23.6. The molecule has 1 aromatic heterocycles. The van der Waals surface area contributed by atoms with Crippen molar-refractivity contribution in [1.29, 1.82) is 0 Å². The predicted molar refractivity (Wildman–Crippen MR) is 130 cm³/mol. The van der Waals surface area contributed by atoms with Crippen LogP contribution in [0.1, 0.15) is 39.8 Å². The van der Waals surface area contributed by atoms with Crippen LogP contribution in [-0.4, -0.2) is 52.3 Å². The quantitative estimate of drug-likeness (QED) is 0.173. The summed E-state index contributed by atoms with van der Waals surface area (Å²) in [4.78, 5) is 8.95. The molecule has 2 rings (SSSR count). The van der Waals surface area contributed by atoms with E-state index in [2.05, 4.69) is 39.4 Å². The van der Waals surface area contributed by atoms with Gasteiger partial charge in [0.25, 0.3) is 0 Å². The molecule has 9 heteroatoms.